The second-order valence-electron chi connectivity index (χ2n) is 9.50. The van der Waals surface area contributed by atoms with Crippen LogP contribution in [0.1, 0.15) is 46.5 Å². The highest BCUT2D eigenvalue weighted by Gasteiger charge is 2.69. The van der Waals surface area contributed by atoms with Crippen molar-refractivity contribution in [1.29, 1.82) is 0 Å². The van der Waals surface area contributed by atoms with Crippen LogP contribution in [-0.4, -0.2) is 32.3 Å². The predicted molar refractivity (Wildman–Crippen MR) is 91.3 cm³/mol. The fourth-order valence-electron chi connectivity index (χ4n) is 5.36. The molecular formula is C18H32O5Si. The van der Waals surface area contributed by atoms with Gasteiger partial charge in [-0.05, 0) is 57.7 Å². The molecule has 1 aliphatic carbocycles. The molecule has 2 bridgehead atoms. The lowest BCUT2D eigenvalue weighted by molar-refractivity contribution is -0.576. The van der Waals surface area contributed by atoms with E-state index in [9.17, 15) is 0 Å². The molecule has 0 amide bonds. The summed E-state index contributed by atoms with van der Waals surface area (Å²) in [6.45, 7) is 13.2. The van der Waals surface area contributed by atoms with Gasteiger partial charge in [-0.3, -0.25) is 0 Å². The lowest BCUT2D eigenvalue weighted by Crippen LogP contribution is -2.70. The standard InChI is InChI=1S/C18H32O5Si/c1-11-7-8-14-12(2)15(21-24(4,5)6)19-16-18(14)13(11)9-10-17(3,20-16)22-23-18/h11-16H,7-10H2,1-6H3/t11-,12-,13+,14+,15-,16-,17+,18-/m1/s1. The Kier molecular flexibility index (Phi) is 4.00. The molecule has 8 atom stereocenters. The van der Waals surface area contributed by atoms with Gasteiger partial charge >= 0.3 is 0 Å². The van der Waals surface area contributed by atoms with Gasteiger partial charge in [0.05, 0.1) is 0 Å². The summed E-state index contributed by atoms with van der Waals surface area (Å²) in [5, 5.41) is 0. The second-order valence-corrected chi connectivity index (χ2v) is 14.0. The Labute approximate surface area is 146 Å². The van der Waals surface area contributed by atoms with Crippen molar-refractivity contribution < 1.29 is 23.7 Å². The highest BCUT2D eigenvalue weighted by Crippen LogP contribution is 2.60. The number of hydrogen-bond donors (Lipinski definition) is 0. The van der Waals surface area contributed by atoms with E-state index in [4.69, 9.17) is 23.7 Å². The number of hydrogen-bond acceptors (Lipinski definition) is 5. The first-order valence-corrected chi connectivity index (χ1v) is 12.9. The first-order chi connectivity index (χ1) is 11.1. The lowest BCUT2D eigenvalue weighted by Gasteiger charge is -2.60. The molecule has 1 saturated carbocycles. The Bertz CT molecular complexity index is 508. The lowest BCUT2D eigenvalue weighted by atomic mass is 9.58. The third-order valence-electron chi connectivity index (χ3n) is 6.57. The van der Waals surface area contributed by atoms with Gasteiger partial charge in [-0.25, -0.2) is 9.78 Å². The van der Waals surface area contributed by atoms with Crippen LogP contribution in [0.15, 0.2) is 0 Å². The first-order valence-electron chi connectivity index (χ1n) is 9.52. The molecule has 24 heavy (non-hydrogen) atoms. The van der Waals surface area contributed by atoms with Crippen LogP contribution < -0.4 is 0 Å². The SMILES string of the molecule is C[C@H]1[C@@H](O[Si](C)(C)C)O[C@@H]2O[C@]3(C)CC[C@H]4[C@H](C)CC[C@@H]1[C@@]24OO3. The zero-order valence-electron chi connectivity index (χ0n) is 15.8. The minimum atomic E-state index is -1.71. The van der Waals surface area contributed by atoms with Gasteiger partial charge in [0.2, 0.25) is 5.79 Å². The van der Waals surface area contributed by atoms with Crippen LogP contribution in [0.4, 0.5) is 0 Å². The average Bonchev–Trinajstić information content (AvgIpc) is 2.69. The molecule has 0 aromatic rings. The van der Waals surface area contributed by atoms with E-state index in [0.717, 1.165) is 19.3 Å². The summed E-state index contributed by atoms with van der Waals surface area (Å²) >= 11 is 0. The van der Waals surface area contributed by atoms with Crippen LogP contribution in [0, 0.1) is 23.7 Å². The highest BCUT2D eigenvalue weighted by molar-refractivity contribution is 6.69. The van der Waals surface area contributed by atoms with Gasteiger partial charge in [0, 0.05) is 18.3 Å². The molecule has 6 heteroatoms. The van der Waals surface area contributed by atoms with Crippen molar-refractivity contribution in [3.63, 3.8) is 0 Å². The minimum absolute atomic E-state index is 0.210. The fourth-order valence-corrected chi connectivity index (χ4v) is 6.32. The number of rotatable bonds is 2. The minimum Gasteiger partial charge on any atom is -0.393 e. The van der Waals surface area contributed by atoms with Crippen LogP contribution in [0.2, 0.25) is 19.6 Å². The summed E-state index contributed by atoms with van der Waals surface area (Å²) in [6, 6.07) is 0. The monoisotopic (exact) mass is 356 g/mol. The molecule has 0 unspecified atom stereocenters. The van der Waals surface area contributed by atoms with E-state index in [1.807, 2.05) is 6.92 Å². The van der Waals surface area contributed by atoms with Gasteiger partial charge in [-0.15, -0.1) is 0 Å². The van der Waals surface area contributed by atoms with Gasteiger partial charge < -0.3 is 13.9 Å². The Morgan fingerprint density at radius 2 is 1.75 bits per heavy atom. The normalized spacial score (nSPS) is 54.2. The molecule has 5 nitrogen and oxygen atoms in total. The molecular weight excluding hydrogens is 324 g/mol. The zero-order chi connectivity index (χ0) is 17.3. The van der Waals surface area contributed by atoms with Gasteiger partial charge in [-0.2, -0.15) is 0 Å². The summed E-state index contributed by atoms with van der Waals surface area (Å²) in [5.74, 6) is 0.934. The van der Waals surface area contributed by atoms with Gasteiger partial charge in [0.25, 0.3) is 0 Å². The second kappa shape index (κ2) is 5.51. The van der Waals surface area contributed by atoms with Crippen LogP contribution in [0.25, 0.3) is 0 Å². The van der Waals surface area contributed by atoms with E-state index in [2.05, 4.69) is 33.5 Å². The van der Waals surface area contributed by atoms with E-state index < -0.39 is 26.0 Å². The molecule has 0 N–H and O–H groups in total. The maximum Gasteiger partial charge on any atom is 0.201 e. The van der Waals surface area contributed by atoms with Crippen molar-refractivity contribution in [1.82, 2.24) is 0 Å². The van der Waals surface area contributed by atoms with Gasteiger partial charge in [0.15, 0.2) is 26.5 Å². The summed E-state index contributed by atoms with van der Waals surface area (Å²) in [4.78, 5) is 12.0. The third-order valence-corrected chi connectivity index (χ3v) is 7.51. The molecule has 4 saturated heterocycles. The molecule has 5 fully saturated rings. The molecule has 5 aliphatic rings. The smallest absolute Gasteiger partial charge is 0.201 e. The first kappa shape index (κ1) is 17.4. The summed E-state index contributed by atoms with van der Waals surface area (Å²) in [7, 11) is -1.71. The van der Waals surface area contributed by atoms with Crippen molar-refractivity contribution in [3.05, 3.63) is 0 Å². The van der Waals surface area contributed by atoms with Gasteiger partial charge in [0.1, 0.15) is 0 Å². The maximum atomic E-state index is 6.42. The van der Waals surface area contributed by atoms with Crippen LogP contribution >= 0.6 is 0 Å². The Hall–Kier alpha value is 0.0169. The molecule has 5 rings (SSSR count). The average molecular weight is 357 g/mol. The Morgan fingerprint density at radius 1 is 1.00 bits per heavy atom. The molecule has 1 spiro atoms. The number of ether oxygens (including phenoxy) is 2. The summed E-state index contributed by atoms with van der Waals surface area (Å²) in [6.07, 6.45) is 3.67. The quantitative estimate of drug-likeness (QED) is 0.552. The molecule has 0 aromatic carbocycles. The third kappa shape index (κ3) is 2.53. The van der Waals surface area contributed by atoms with Crippen LogP contribution in [0.5, 0.6) is 0 Å². The van der Waals surface area contributed by atoms with E-state index in [1.165, 1.54) is 6.42 Å². The van der Waals surface area contributed by atoms with Crippen molar-refractivity contribution in [2.75, 3.05) is 0 Å². The van der Waals surface area contributed by atoms with E-state index in [0.29, 0.717) is 17.8 Å². The molecule has 4 heterocycles. The predicted octanol–water partition coefficient (Wildman–Crippen LogP) is 4.05. The van der Waals surface area contributed by atoms with Crippen molar-refractivity contribution in [3.8, 4) is 0 Å². The van der Waals surface area contributed by atoms with E-state index >= 15 is 0 Å². The Morgan fingerprint density at radius 3 is 2.46 bits per heavy atom. The largest absolute Gasteiger partial charge is 0.393 e. The van der Waals surface area contributed by atoms with Crippen LogP contribution in [-0.2, 0) is 23.7 Å². The highest BCUT2D eigenvalue weighted by atomic mass is 28.4. The van der Waals surface area contributed by atoms with Crippen molar-refractivity contribution in [2.24, 2.45) is 23.7 Å². The molecule has 0 aromatic heterocycles. The molecule has 138 valence electrons. The fraction of sp³-hybridized carbons (Fsp3) is 1.00. The maximum absolute atomic E-state index is 6.42. The van der Waals surface area contributed by atoms with E-state index in [1.54, 1.807) is 0 Å². The van der Waals surface area contributed by atoms with Crippen molar-refractivity contribution in [2.45, 2.75) is 90.1 Å². The topological polar surface area (TPSA) is 46.2 Å². The molecule has 0 radical (unpaired) electrons. The van der Waals surface area contributed by atoms with Gasteiger partial charge in [-0.1, -0.05) is 13.8 Å². The summed E-state index contributed by atoms with van der Waals surface area (Å²) < 4.78 is 19.1. The summed E-state index contributed by atoms with van der Waals surface area (Å²) in [5.41, 5.74) is -0.480. The van der Waals surface area contributed by atoms with Crippen LogP contribution in [0.3, 0.4) is 0 Å². The van der Waals surface area contributed by atoms with Crippen molar-refractivity contribution >= 4 is 8.32 Å². The molecule has 4 aliphatic heterocycles. The zero-order valence-corrected chi connectivity index (χ0v) is 16.8. The Balaban J connectivity index is 1.72. The number of fused-ring (bicyclic) bond motifs is 2. The van der Waals surface area contributed by atoms with E-state index in [-0.39, 0.29) is 12.2 Å².